The van der Waals surface area contributed by atoms with E-state index in [4.69, 9.17) is 0 Å². The molecule has 2 rings (SSSR count). The summed E-state index contributed by atoms with van der Waals surface area (Å²) >= 11 is 2.03. The quantitative estimate of drug-likeness (QED) is 0.744. The molecule has 1 unspecified atom stereocenters. The molecule has 1 aromatic rings. The highest BCUT2D eigenvalue weighted by Crippen LogP contribution is 2.31. The molecule has 0 spiro atoms. The summed E-state index contributed by atoms with van der Waals surface area (Å²) in [5, 5.41) is 3.73. The van der Waals surface area contributed by atoms with Crippen molar-refractivity contribution in [3.05, 3.63) is 29.3 Å². The maximum atomic E-state index is 3.73. The third-order valence-electron chi connectivity index (χ3n) is 4.43. The molecule has 1 fully saturated rings. The average molecular weight is 292 g/mol. The maximum absolute atomic E-state index is 3.73. The molecule has 1 aromatic carbocycles. The second-order valence-corrected chi connectivity index (χ2v) is 7.20. The normalized spacial score (nSPS) is 18.1. The molecule has 0 aliphatic heterocycles. The Bertz CT molecular complexity index is 410. The Morgan fingerprint density at radius 3 is 2.60 bits per heavy atom. The summed E-state index contributed by atoms with van der Waals surface area (Å²) in [6.45, 7) is 7.73. The van der Waals surface area contributed by atoms with Gasteiger partial charge in [0.15, 0.2) is 0 Å². The van der Waals surface area contributed by atoms with Crippen LogP contribution in [0, 0.1) is 19.8 Å². The van der Waals surface area contributed by atoms with Gasteiger partial charge in [0.05, 0.1) is 0 Å². The predicted octanol–water partition coefficient (Wildman–Crippen LogP) is 4.95. The van der Waals surface area contributed by atoms with E-state index in [0.29, 0.717) is 6.04 Å². The summed E-state index contributed by atoms with van der Waals surface area (Å²) in [6, 6.07) is 7.51. The van der Waals surface area contributed by atoms with Crippen molar-refractivity contribution in [2.45, 2.75) is 63.8 Å². The van der Waals surface area contributed by atoms with E-state index in [1.54, 1.807) is 0 Å². The standard InChI is InChI=1S/C18H29NS/c1-4-19-17(16-8-6-5-7-9-16)13-20-18-11-10-14(2)12-15(18)3/h10-12,16-17,19H,4-9,13H2,1-3H3. The summed E-state index contributed by atoms with van der Waals surface area (Å²) in [5.74, 6) is 2.10. The maximum Gasteiger partial charge on any atom is 0.0189 e. The lowest BCUT2D eigenvalue weighted by atomic mass is 9.84. The fraction of sp³-hybridized carbons (Fsp3) is 0.667. The molecule has 1 nitrogen and oxygen atoms in total. The molecule has 0 radical (unpaired) electrons. The van der Waals surface area contributed by atoms with Gasteiger partial charge >= 0.3 is 0 Å². The summed E-state index contributed by atoms with van der Waals surface area (Å²) in [7, 11) is 0. The summed E-state index contributed by atoms with van der Waals surface area (Å²) < 4.78 is 0. The Morgan fingerprint density at radius 1 is 1.20 bits per heavy atom. The molecule has 1 saturated carbocycles. The van der Waals surface area contributed by atoms with Gasteiger partial charge in [-0.3, -0.25) is 0 Å². The van der Waals surface area contributed by atoms with Crippen molar-refractivity contribution < 1.29 is 0 Å². The first-order chi connectivity index (χ1) is 9.70. The van der Waals surface area contributed by atoms with Gasteiger partial charge in [0, 0.05) is 16.7 Å². The van der Waals surface area contributed by atoms with Crippen molar-refractivity contribution in [1.82, 2.24) is 5.32 Å². The first-order valence-corrected chi connectivity index (χ1v) is 9.12. The second-order valence-electron chi connectivity index (χ2n) is 6.14. The molecule has 0 heterocycles. The lowest BCUT2D eigenvalue weighted by Gasteiger charge is -2.30. The number of rotatable bonds is 6. The molecule has 1 N–H and O–H groups in total. The van der Waals surface area contributed by atoms with Gasteiger partial charge in [0.25, 0.3) is 0 Å². The zero-order valence-electron chi connectivity index (χ0n) is 13.2. The van der Waals surface area contributed by atoms with Gasteiger partial charge in [-0.1, -0.05) is 43.9 Å². The molecule has 112 valence electrons. The van der Waals surface area contributed by atoms with E-state index in [2.05, 4.69) is 44.3 Å². The number of benzene rings is 1. The zero-order valence-corrected chi connectivity index (χ0v) is 14.1. The number of hydrogen-bond donors (Lipinski definition) is 1. The van der Waals surface area contributed by atoms with Crippen LogP contribution in [0.5, 0.6) is 0 Å². The lowest BCUT2D eigenvalue weighted by Crippen LogP contribution is -2.39. The van der Waals surface area contributed by atoms with Crippen LogP contribution in [0.4, 0.5) is 0 Å². The van der Waals surface area contributed by atoms with Crippen LogP contribution in [-0.2, 0) is 0 Å². The summed E-state index contributed by atoms with van der Waals surface area (Å²) in [4.78, 5) is 1.45. The molecule has 0 saturated heterocycles. The van der Waals surface area contributed by atoms with Crippen molar-refractivity contribution in [1.29, 1.82) is 0 Å². The highest BCUT2D eigenvalue weighted by atomic mass is 32.2. The van der Waals surface area contributed by atoms with Crippen LogP contribution in [0.3, 0.4) is 0 Å². The van der Waals surface area contributed by atoms with Gasteiger partial charge in [-0.25, -0.2) is 0 Å². The smallest absolute Gasteiger partial charge is 0.0189 e. The molecule has 1 aliphatic rings. The molecule has 0 amide bonds. The van der Waals surface area contributed by atoms with Crippen LogP contribution < -0.4 is 5.32 Å². The van der Waals surface area contributed by atoms with Gasteiger partial charge in [-0.05, 0) is 50.8 Å². The topological polar surface area (TPSA) is 12.0 Å². The van der Waals surface area contributed by atoms with Crippen molar-refractivity contribution in [2.24, 2.45) is 5.92 Å². The van der Waals surface area contributed by atoms with Crippen LogP contribution >= 0.6 is 11.8 Å². The van der Waals surface area contributed by atoms with E-state index in [1.165, 1.54) is 53.9 Å². The van der Waals surface area contributed by atoms with Gasteiger partial charge in [0.2, 0.25) is 0 Å². The van der Waals surface area contributed by atoms with E-state index in [9.17, 15) is 0 Å². The van der Waals surface area contributed by atoms with Crippen molar-refractivity contribution in [3.63, 3.8) is 0 Å². The molecule has 0 aromatic heterocycles. The fourth-order valence-electron chi connectivity index (χ4n) is 3.30. The van der Waals surface area contributed by atoms with Gasteiger partial charge in [-0.2, -0.15) is 0 Å². The van der Waals surface area contributed by atoms with Gasteiger partial charge in [0.1, 0.15) is 0 Å². The lowest BCUT2D eigenvalue weighted by molar-refractivity contribution is 0.288. The monoisotopic (exact) mass is 291 g/mol. The predicted molar refractivity (Wildman–Crippen MR) is 90.7 cm³/mol. The summed E-state index contributed by atoms with van der Waals surface area (Å²) in [6.07, 6.45) is 7.15. The Hall–Kier alpha value is -0.470. The molecule has 20 heavy (non-hydrogen) atoms. The number of aryl methyl sites for hydroxylation is 2. The number of hydrogen-bond acceptors (Lipinski definition) is 2. The minimum atomic E-state index is 0.686. The second kappa shape index (κ2) is 8.09. The Kier molecular flexibility index (Phi) is 6.44. The fourth-order valence-corrected chi connectivity index (χ4v) is 4.50. The molecule has 0 bridgehead atoms. The van der Waals surface area contributed by atoms with Crippen LogP contribution in [0.1, 0.15) is 50.2 Å². The van der Waals surface area contributed by atoms with Crippen LogP contribution in [0.2, 0.25) is 0 Å². The minimum Gasteiger partial charge on any atom is -0.313 e. The Morgan fingerprint density at radius 2 is 1.95 bits per heavy atom. The van der Waals surface area contributed by atoms with E-state index in [1.807, 2.05) is 11.8 Å². The van der Waals surface area contributed by atoms with Crippen LogP contribution in [-0.4, -0.2) is 18.3 Å². The number of nitrogens with one attached hydrogen (secondary N) is 1. The van der Waals surface area contributed by atoms with Crippen LogP contribution in [0.15, 0.2) is 23.1 Å². The van der Waals surface area contributed by atoms with Crippen molar-refractivity contribution in [2.75, 3.05) is 12.3 Å². The molecule has 2 heteroatoms. The third kappa shape index (κ3) is 4.53. The molecule has 1 atom stereocenters. The van der Waals surface area contributed by atoms with Crippen molar-refractivity contribution in [3.8, 4) is 0 Å². The molecule has 1 aliphatic carbocycles. The highest BCUT2D eigenvalue weighted by Gasteiger charge is 2.23. The van der Waals surface area contributed by atoms with Crippen molar-refractivity contribution >= 4 is 11.8 Å². The van der Waals surface area contributed by atoms with Gasteiger partial charge < -0.3 is 5.32 Å². The van der Waals surface area contributed by atoms with Crippen LogP contribution in [0.25, 0.3) is 0 Å². The SMILES string of the molecule is CCNC(CSc1ccc(C)cc1C)C1CCCCC1. The molecular formula is C18H29NS. The van der Waals surface area contributed by atoms with E-state index < -0.39 is 0 Å². The van der Waals surface area contributed by atoms with E-state index >= 15 is 0 Å². The molecular weight excluding hydrogens is 262 g/mol. The third-order valence-corrected chi connectivity index (χ3v) is 5.73. The zero-order chi connectivity index (χ0) is 14.4. The average Bonchev–Trinajstić information content (AvgIpc) is 2.46. The Labute approximate surface area is 128 Å². The van der Waals surface area contributed by atoms with E-state index in [0.717, 1.165) is 12.5 Å². The summed E-state index contributed by atoms with van der Waals surface area (Å²) in [5.41, 5.74) is 2.79. The first kappa shape index (κ1) is 15.9. The largest absolute Gasteiger partial charge is 0.313 e. The van der Waals surface area contributed by atoms with Gasteiger partial charge in [-0.15, -0.1) is 11.8 Å². The van der Waals surface area contributed by atoms with E-state index in [-0.39, 0.29) is 0 Å². The Balaban J connectivity index is 1.93. The number of thioether (sulfide) groups is 1. The first-order valence-electron chi connectivity index (χ1n) is 8.14. The minimum absolute atomic E-state index is 0.686. The highest BCUT2D eigenvalue weighted by molar-refractivity contribution is 7.99.